The molecule has 0 aliphatic carbocycles. The second-order valence-corrected chi connectivity index (χ2v) is 3.46. The molecule has 0 fully saturated rings. The van der Waals surface area contributed by atoms with Gasteiger partial charge in [0.1, 0.15) is 0 Å². The summed E-state index contributed by atoms with van der Waals surface area (Å²) >= 11 is 0. The van der Waals surface area contributed by atoms with E-state index in [-0.39, 0.29) is 0 Å². The Morgan fingerprint density at radius 1 is 0.846 bits per heavy atom. The lowest BCUT2D eigenvalue weighted by molar-refractivity contribution is 0.124. The maximum absolute atomic E-state index is 8.53. The Hall–Kier alpha value is -0.0800. The minimum absolute atomic E-state index is 0.316. The molecule has 2 nitrogen and oxygen atoms in total. The molecule has 0 aliphatic rings. The van der Waals surface area contributed by atoms with Crippen molar-refractivity contribution < 1.29 is 9.84 Å². The Balaban J connectivity index is 2.76. The van der Waals surface area contributed by atoms with E-state index < -0.39 is 0 Å². The summed E-state index contributed by atoms with van der Waals surface area (Å²) in [5.74, 6) is 0. The van der Waals surface area contributed by atoms with Crippen LogP contribution >= 0.6 is 0 Å². The first-order valence-corrected chi connectivity index (χ1v) is 5.60. The van der Waals surface area contributed by atoms with Crippen LogP contribution in [0.3, 0.4) is 0 Å². The third kappa shape index (κ3) is 11.9. The SMILES string of the molecule is CCCCCCOCCCCCO. The van der Waals surface area contributed by atoms with Crippen molar-refractivity contribution in [1.82, 2.24) is 0 Å². The molecule has 0 amide bonds. The number of unbranched alkanes of at least 4 members (excludes halogenated alkanes) is 5. The summed E-state index contributed by atoms with van der Waals surface area (Å²) in [4.78, 5) is 0. The van der Waals surface area contributed by atoms with Crippen molar-refractivity contribution in [3.05, 3.63) is 0 Å². The molecule has 0 aromatic carbocycles. The van der Waals surface area contributed by atoms with E-state index in [1.165, 1.54) is 25.7 Å². The molecule has 0 saturated heterocycles. The third-order valence-corrected chi connectivity index (χ3v) is 2.09. The zero-order chi connectivity index (χ0) is 9.78. The molecule has 2 heteroatoms. The van der Waals surface area contributed by atoms with Crippen molar-refractivity contribution in [2.45, 2.75) is 51.9 Å². The minimum atomic E-state index is 0.316. The van der Waals surface area contributed by atoms with Crippen LogP contribution < -0.4 is 0 Å². The Morgan fingerprint density at radius 3 is 2.00 bits per heavy atom. The average molecular weight is 188 g/mol. The van der Waals surface area contributed by atoms with E-state index in [0.717, 1.165) is 32.5 Å². The van der Waals surface area contributed by atoms with Gasteiger partial charge in [0.25, 0.3) is 0 Å². The van der Waals surface area contributed by atoms with Crippen LogP contribution in [0.25, 0.3) is 0 Å². The van der Waals surface area contributed by atoms with Crippen LogP contribution in [0, 0.1) is 0 Å². The van der Waals surface area contributed by atoms with Crippen molar-refractivity contribution >= 4 is 0 Å². The van der Waals surface area contributed by atoms with E-state index in [1.54, 1.807) is 0 Å². The predicted octanol–water partition coefficient (Wildman–Crippen LogP) is 2.75. The fraction of sp³-hybridized carbons (Fsp3) is 1.00. The molecule has 0 atom stereocenters. The lowest BCUT2D eigenvalue weighted by Gasteiger charge is -2.03. The maximum Gasteiger partial charge on any atom is 0.0466 e. The van der Waals surface area contributed by atoms with Gasteiger partial charge in [0.2, 0.25) is 0 Å². The molecule has 0 aliphatic heterocycles. The van der Waals surface area contributed by atoms with Gasteiger partial charge < -0.3 is 9.84 Å². The molecular formula is C11H24O2. The highest BCUT2D eigenvalue weighted by molar-refractivity contribution is 4.41. The van der Waals surface area contributed by atoms with Crippen LogP contribution in [0.15, 0.2) is 0 Å². The van der Waals surface area contributed by atoms with Crippen LogP contribution in [0.1, 0.15) is 51.9 Å². The van der Waals surface area contributed by atoms with Crippen molar-refractivity contribution in [2.24, 2.45) is 0 Å². The molecule has 0 aromatic heterocycles. The molecule has 0 aromatic rings. The van der Waals surface area contributed by atoms with Crippen LogP contribution in [0.4, 0.5) is 0 Å². The number of aliphatic hydroxyl groups is 1. The largest absolute Gasteiger partial charge is 0.396 e. The van der Waals surface area contributed by atoms with Gasteiger partial charge in [-0.25, -0.2) is 0 Å². The molecule has 13 heavy (non-hydrogen) atoms. The fourth-order valence-electron chi connectivity index (χ4n) is 1.23. The average Bonchev–Trinajstić information content (AvgIpc) is 2.16. The van der Waals surface area contributed by atoms with Gasteiger partial charge in [-0.1, -0.05) is 26.2 Å². The second-order valence-electron chi connectivity index (χ2n) is 3.46. The van der Waals surface area contributed by atoms with E-state index in [4.69, 9.17) is 9.84 Å². The quantitative estimate of drug-likeness (QED) is 0.534. The van der Waals surface area contributed by atoms with Crippen molar-refractivity contribution in [2.75, 3.05) is 19.8 Å². The topological polar surface area (TPSA) is 29.5 Å². The molecule has 80 valence electrons. The lowest BCUT2D eigenvalue weighted by Crippen LogP contribution is -1.97. The summed E-state index contributed by atoms with van der Waals surface area (Å²) in [6.45, 7) is 4.32. The molecule has 0 saturated carbocycles. The van der Waals surface area contributed by atoms with Gasteiger partial charge >= 0.3 is 0 Å². The standard InChI is InChI=1S/C11H24O2/c1-2-3-4-7-10-13-11-8-5-6-9-12/h12H,2-11H2,1H3. The summed E-state index contributed by atoms with van der Waals surface area (Å²) in [5.41, 5.74) is 0. The molecule has 1 N–H and O–H groups in total. The van der Waals surface area contributed by atoms with Crippen molar-refractivity contribution in [3.63, 3.8) is 0 Å². The summed E-state index contributed by atoms with van der Waals surface area (Å²) in [5, 5.41) is 8.53. The predicted molar refractivity (Wildman–Crippen MR) is 55.9 cm³/mol. The Morgan fingerprint density at radius 2 is 1.46 bits per heavy atom. The zero-order valence-corrected chi connectivity index (χ0v) is 8.93. The fourth-order valence-corrected chi connectivity index (χ4v) is 1.23. The van der Waals surface area contributed by atoms with Crippen LogP contribution in [-0.4, -0.2) is 24.9 Å². The van der Waals surface area contributed by atoms with Gasteiger partial charge in [0.15, 0.2) is 0 Å². The van der Waals surface area contributed by atoms with Crippen LogP contribution in [-0.2, 0) is 4.74 Å². The number of ether oxygens (including phenoxy) is 1. The van der Waals surface area contributed by atoms with Gasteiger partial charge in [-0.15, -0.1) is 0 Å². The smallest absolute Gasteiger partial charge is 0.0466 e. The Bertz CT molecular complexity index is 74.2. The van der Waals surface area contributed by atoms with Gasteiger partial charge in [-0.3, -0.25) is 0 Å². The summed E-state index contributed by atoms with van der Waals surface area (Å²) in [6, 6.07) is 0. The molecule has 0 rings (SSSR count). The first-order chi connectivity index (χ1) is 6.41. The maximum atomic E-state index is 8.53. The van der Waals surface area contributed by atoms with Crippen LogP contribution in [0.2, 0.25) is 0 Å². The van der Waals surface area contributed by atoms with Gasteiger partial charge in [-0.05, 0) is 25.7 Å². The number of aliphatic hydroxyl groups excluding tert-OH is 1. The van der Waals surface area contributed by atoms with Crippen molar-refractivity contribution in [1.29, 1.82) is 0 Å². The van der Waals surface area contributed by atoms with Gasteiger partial charge in [0.05, 0.1) is 0 Å². The molecule has 0 radical (unpaired) electrons. The minimum Gasteiger partial charge on any atom is -0.396 e. The molecular weight excluding hydrogens is 164 g/mol. The molecule has 0 bridgehead atoms. The lowest BCUT2D eigenvalue weighted by atomic mass is 10.2. The molecule has 0 unspecified atom stereocenters. The van der Waals surface area contributed by atoms with E-state index in [9.17, 15) is 0 Å². The molecule has 0 heterocycles. The Kier molecular flexibility index (Phi) is 11.8. The summed E-state index contributed by atoms with van der Waals surface area (Å²) in [7, 11) is 0. The Labute approximate surface area is 82.3 Å². The second kappa shape index (κ2) is 11.9. The number of hydrogen-bond donors (Lipinski definition) is 1. The zero-order valence-electron chi connectivity index (χ0n) is 8.93. The monoisotopic (exact) mass is 188 g/mol. The van der Waals surface area contributed by atoms with Gasteiger partial charge in [0, 0.05) is 19.8 Å². The summed E-state index contributed by atoms with van der Waals surface area (Å²) < 4.78 is 5.45. The van der Waals surface area contributed by atoms with Crippen molar-refractivity contribution in [3.8, 4) is 0 Å². The van der Waals surface area contributed by atoms with Gasteiger partial charge in [-0.2, -0.15) is 0 Å². The van der Waals surface area contributed by atoms with E-state index >= 15 is 0 Å². The highest BCUT2D eigenvalue weighted by Gasteiger charge is 1.90. The van der Waals surface area contributed by atoms with E-state index in [2.05, 4.69) is 6.92 Å². The van der Waals surface area contributed by atoms with E-state index in [1.807, 2.05) is 0 Å². The first kappa shape index (κ1) is 12.9. The summed E-state index contributed by atoms with van der Waals surface area (Å²) in [6.07, 6.45) is 8.21. The normalized spacial score (nSPS) is 10.6. The first-order valence-electron chi connectivity index (χ1n) is 5.60. The molecule has 0 spiro atoms. The highest BCUT2D eigenvalue weighted by Crippen LogP contribution is 2.00. The highest BCUT2D eigenvalue weighted by atomic mass is 16.5. The number of rotatable bonds is 10. The van der Waals surface area contributed by atoms with Crippen LogP contribution in [0.5, 0.6) is 0 Å². The number of hydrogen-bond acceptors (Lipinski definition) is 2. The van der Waals surface area contributed by atoms with E-state index in [0.29, 0.717) is 6.61 Å². The third-order valence-electron chi connectivity index (χ3n) is 2.09.